The Kier molecular flexibility index (Phi) is 5.28. The lowest BCUT2D eigenvalue weighted by atomic mass is 10.2. The first-order valence-corrected chi connectivity index (χ1v) is 5.67. The molecular formula is C12H18N2O4. The molecule has 18 heavy (non-hydrogen) atoms. The fraction of sp³-hybridized carbons (Fsp3) is 0.667. The standard InChI is InChI=1S/C12H18N2O4/c1-12(2)8-17-10(18-12)6-9(7-13)11(15)14-4-5-16-3/h6,10H,4-5,8H2,1-3H3,(H,14,15)/b9-6-. The Balaban J connectivity index is 2.55. The number of ether oxygens (including phenoxy) is 3. The maximum Gasteiger partial charge on any atom is 0.261 e. The summed E-state index contributed by atoms with van der Waals surface area (Å²) in [6.45, 7) is 4.94. The van der Waals surface area contributed by atoms with Crippen LogP contribution in [0.3, 0.4) is 0 Å². The maximum atomic E-state index is 11.6. The number of methoxy groups -OCH3 is 1. The van der Waals surface area contributed by atoms with Gasteiger partial charge in [-0.25, -0.2) is 0 Å². The lowest BCUT2D eigenvalue weighted by Crippen LogP contribution is -2.28. The molecule has 1 amide bonds. The van der Waals surface area contributed by atoms with E-state index in [1.807, 2.05) is 19.9 Å². The number of amides is 1. The van der Waals surface area contributed by atoms with E-state index in [-0.39, 0.29) is 5.57 Å². The van der Waals surface area contributed by atoms with Gasteiger partial charge in [0.25, 0.3) is 5.91 Å². The van der Waals surface area contributed by atoms with Crippen molar-refractivity contribution in [3.05, 3.63) is 11.6 Å². The molecule has 1 fully saturated rings. The Hall–Kier alpha value is -1.42. The molecule has 1 rings (SSSR count). The van der Waals surface area contributed by atoms with Crippen molar-refractivity contribution in [3.63, 3.8) is 0 Å². The average Bonchev–Trinajstić information content (AvgIpc) is 2.66. The van der Waals surface area contributed by atoms with Gasteiger partial charge in [-0.3, -0.25) is 4.79 Å². The molecule has 0 aromatic carbocycles. The highest BCUT2D eigenvalue weighted by molar-refractivity contribution is 5.97. The van der Waals surface area contributed by atoms with Crippen LogP contribution >= 0.6 is 0 Å². The van der Waals surface area contributed by atoms with Crippen molar-refractivity contribution >= 4 is 5.91 Å². The van der Waals surface area contributed by atoms with E-state index in [1.54, 1.807) is 0 Å². The molecule has 0 saturated carbocycles. The third-order valence-corrected chi connectivity index (χ3v) is 2.29. The molecule has 0 spiro atoms. The average molecular weight is 254 g/mol. The highest BCUT2D eigenvalue weighted by Crippen LogP contribution is 2.23. The first-order valence-electron chi connectivity index (χ1n) is 5.67. The van der Waals surface area contributed by atoms with E-state index in [4.69, 9.17) is 19.5 Å². The molecule has 0 aromatic rings. The van der Waals surface area contributed by atoms with Crippen molar-refractivity contribution in [2.45, 2.75) is 25.7 Å². The number of carbonyl (C=O) groups excluding carboxylic acids is 1. The molecule has 1 atom stereocenters. The van der Waals surface area contributed by atoms with Crippen molar-refractivity contribution in [3.8, 4) is 6.07 Å². The summed E-state index contributed by atoms with van der Waals surface area (Å²) in [7, 11) is 1.54. The number of hydrogen-bond acceptors (Lipinski definition) is 5. The molecule has 1 unspecified atom stereocenters. The minimum absolute atomic E-state index is 0.0196. The van der Waals surface area contributed by atoms with E-state index in [0.717, 1.165) is 0 Å². The van der Waals surface area contributed by atoms with Crippen LogP contribution in [-0.2, 0) is 19.0 Å². The Morgan fingerprint density at radius 2 is 2.39 bits per heavy atom. The number of nitrogens with one attached hydrogen (secondary N) is 1. The predicted octanol–water partition coefficient (Wildman–Crippen LogP) is 0.350. The molecule has 1 heterocycles. The number of nitriles is 1. The van der Waals surface area contributed by atoms with Crippen molar-refractivity contribution in [2.24, 2.45) is 0 Å². The molecule has 6 heteroatoms. The van der Waals surface area contributed by atoms with Gasteiger partial charge in [0.15, 0.2) is 6.29 Å². The van der Waals surface area contributed by atoms with E-state index in [2.05, 4.69) is 5.32 Å². The number of carbonyl (C=O) groups is 1. The molecule has 0 aromatic heterocycles. The fourth-order valence-electron chi connectivity index (χ4n) is 1.41. The van der Waals surface area contributed by atoms with Crippen LogP contribution in [0.15, 0.2) is 11.6 Å². The van der Waals surface area contributed by atoms with Crippen LogP contribution in [0.25, 0.3) is 0 Å². The van der Waals surface area contributed by atoms with Gasteiger partial charge < -0.3 is 19.5 Å². The third kappa shape index (κ3) is 4.45. The van der Waals surface area contributed by atoms with Gasteiger partial charge in [-0.2, -0.15) is 5.26 Å². The summed E-state index contributed by atoms with van der Waals surface area (Å²) >= 11 is 0. The molecule has 6 nitrogen and oxygen atoms in total. The molecule has 0 bridgehead atoms. The summed E-state index contributed by atoms with van der Waals surface area (Å²) in [5, 5.41) is 11.5. The molecular weight excluding hydrogens is 236 g/mol. The van der Waals surface area contributed by atoms with E-state index >= 15 is 0 Å². The van der Waals surface area contributed by atoms with E-state index in [1.165, 1.54) is 13.2 Å². The van der Waals surface area contributed by atoms with E-state index in [0.29, 0.717) is 19.8 Å². The van der Waals surface area contributed by atoms with Crippen molar-refractivity contribution in [2.75, 3.05) is 26.9 Å². The second-order valence-electron chi connectivity index (χ2n) is 4.50. The largest absolute Gasteiger partial charge is 0.383 e. The SMILES string of the molecule is COCCNC(=O)/C(C#N)=C\C1OCC(C)(C)O1. The van der Waals surface area contributed by atoms with Crippen molar-refractivity contribution in [1.29, 1.82) is 5.26 Å². The Morgan fingerprint density at radius 3 is 2.89 bits per heavy atom. The molecule has 1 saturated heterocycles. The van der Waals surface area contributed by atoms with Crippen molar-refractivity contribution < 1.29 is 19.0 Å². The summed E-state index contributed by atoms with van der Waals surface area (Å²) in [6.07, 6.45) is 0.736. The minimum Gasteiger partial charge on any atom is -0.383 e. The van der Waals surface area contributed by atoms with Gasteiger partial charge in [0, 0.05) is 13.7 Å². The topological polar surface area (TPSA) is 80.6 Å². The van der Waals surface area contributed by atoms with Crippen LogP contribution in [0.2, 0.25) is 0 Å². The number of hydrogen-bond donors (Lipinski definition) is 1. The maximum absolute atomic E-state index is 11.6. The van der Waals surface area contributed by atoms with Crippen LogP contribution in [0.1, 0.15) is 13.8 Å². The molecule has 1 aliphatic heterocycles. The van der Waals surface area contributed by atoms with Crippen LogP contribution in [0, 0.1) is 11.3 Å². The first kappa shape index (κ1) is 14.6. The van der Waals surface area contributed by atoms with Gasteiger partial charge in [0.1, 0.15) is 11.6 Å². The van der Waals surface area contributed by atoms with Crippen molar-refractivity contribution in [1.82, 2.24) is 5.32 Å². The summed E-state index contributed by atoms with van der Waals surface area (Å²) in [5.74, 6) is -0.452. The molecule has 1 N–H and O–H groups in total. The summed E-state index contributed by atoms with van der Waals surface area (Å²) in [4.78, 5) is 11.6. The monoisotopic (exact) mass is 254 g/mol. The van der Waals surface area contributed by atoms with Gasteiger partial charge in [-0.15, -0.1) is 0 Å². The van der Waals surface area contributed by atoms with Crippen LogP contribution in [0.5, 0.6) is 0 Å². The fourth-order valence-corrected chi connectivity index (χ4v) is 1.41. The zero-order chi connectivity index (χ0) is 13.6. The van der Waals surface area contributed by atoms with E-state index in [9.17, 15) is 4.79 Å². The molecule has 0 aliphatic carbocycles. The van der Waals surface area contributed by atoms with Crippen LogP contribution in [0.4, 0.5) is 0 Å². The van der Waals surface area contributed by atoms with Gasteiger partial charge >= 0.3 is 0 Å². The quantitative estimate of drug-likeness (QED) is 0.435. The van der Waals surface area contributed by atoms with E-state index < -0.39 is 17.8 Å². The Morgan fingerprint density at radius 1 is 1.67 bits per heavy atom. The first-order chi connectivity index (χ1) is 8.48. The zero-order valence-electron chi connectivity index (χ0n) is 10.9. The van der Waals surface area contributed by atoms with Gasteiger partial charge in [0.05, 0.1) is 18.8 Å². The van der Waals surface area contributed by atoms with Gasteiger partial charge in [-0.1, -0.05) is 0 Å². The summed E-state index contributed by atoms with van der Waals surface area (Å²) in [6, 6.07) is 1.83. The lowest BCUT2D eigenvalue weighted by molar-refractivity contribution is -0.117. The highest BCUT2D eigenvalue weighted by atomic mass is 16.7. The predicted molar refractivity (Wildman–Crippen MR) is 63.5 cm³/mol. The van der Waals surface area contributed by atoms with Crippen LogP contribution < -0.4 is 5.32 Å². The summed E-state index contributed by atoms with van der Waals surface area (Å²) < 4.78 is 15.6. The number of nitrogens with zero attached hydrogens (tertiary/aromatic N) is 1. The normalized spacial score (nSPS) is 22.6. The van der Waals surface area contributed by atoms with Gasteiger partial charge in [0.2, 0.25) is 0 Å². The van der Waals surface area contributed by atoms with Gasteiger partial charge in [-0.05, 0) is 19.9 Å². The minimum atomic E-state index is -0.650. The number of rotatable bonds is 5. The molecule has 1 aliphatic rings. The Labute approximate surface area is 107 Å². The molecule has 100 valence electrons. The lowest BCUT2D eigenvalue weighted by Gasteiger charge is -2.14. The molecule has 0 radical (unpaired) electrons. The smallest absolute Gasteiger partial charge is 0.261 e. The zero-order valence-corrected chi connectivity index (χ0v) is 10.9. The highest BCUT2D eigenvalue weighted by Gasteiger charge is 2.32. The second kappa shape index (κ2) is 6.50. The Bertz CT molecular complexity index is 371. The third-order valence-electron chi connectivity index (χ3n) is 2.29. The second-order valence-corrected chi connectivity index (χ2v) is 4.50. The van der Waals surface area contributed by atoms with Crippen LogP contribution in [-0.4, -0.2) is 44.7 Å². The summed E-state index contributed by atoms with van der Waals surface area (Å²) in [5.41, 5.74) is -0.414.